The van der Waals surface area contributed by atoms with E-state index in [2.05, 4.69) is 10.6 Å². The molecule has 0 aromatic heterocycles. The topological polar surface area (TPSA) is 64.7 Å². The minimum absolute atomic E-state index is 0.145. The molecule has 0 saturated carbocycles. The van der Waals surface area contributed by atoms with Crippen LogP contribution >= 0.6 is 0 Å². The van der Waals surface area contributed by atoms with Crippen molar-refractivity contribution in [3.05, 3.63) is 59.9 Å². The van der Waals surface area contributed by atoms with E-state index in [1.54, 1.807) is 9.80 Å². The number of nitrogens with one attached hydrogen (secondary N) is 2. The molecule has 2 aliphatic heterocycles. The number of para-hydroxylation sites is 2. The molecule has 1 saturated heterocycles. The van der Waals surface area contributed by atoms with Gasteiger partial charge in [0.15, 0.2) is 0 Å². The molecule has 2 heterocycles. The van der Waals surface area contributed by atoms with Crippen LogP contribution < -0.4 is 20.4 Å². The summed E-state index contributed by atoms with van der Waals surface area (Å²) in [5.74, 6) is -0.124. The van der Waals surface area contributed by atoms with E-state index >= 15 is 0 Å². The molecule has 146 valence electrons. The quantitative estimate of drug-likeness (QED) is 0.858. The number of fused-ring (bicyclic) bond motifs is 1. The van der Waals surface area contributed by atoms with Gasteiger partial charge in [-0.3, -0.25) is 9.69 Å². The first-order valence-electron chi connectivity index (χ1n) is 9.56. The first-order chi connectivity index (χ1) is 13.6. The van der Waals surface area contributed by atoms with Gasteiger partial charge in [0.05, 0.1) is 11.4 Å². The number of rotatable bonds is 3. The third-order valence-corrected chi connectivity index (χ3v) is 5.30. The molecule has 1 atom stereocenters. The highest BCUT2D eigenvalue weighted by Crippen LogP contribution is 2.33. The van der Waals surface area contributed by atoms with Crippen molar-refractivity contribution in [3.8, 4) is 0 Å². The molecular weight excluding hydrogens is 359 g/mol. The fourth-order valence-electron chi connectivity index (χ4n) is 3.75. The minimum atomic E-state index is -0.379. The van der Waals surface area contributed by atoms with Gasteiger partial charge in [-0.05, 0) is 61.8 Å². The maximum absolute atomic E-state index is 13.2. The number of carbonyl (C=O) groups excluding carboxylic acids is 2. The Balaban J connectivity index is 1.52. The van der Waals surface area contributed by atoms with Crippen LogP contribution in [0, 0.1) is 11.7 Å². The van der Waals surface area contributed by atoms with Gasteiger partial charge in [0.25, 0.3) is 5.91 Å². The number of urea groups is 1. The summed E-state index contributed by atoms with van der Waals surface area (Å²) in [6, 6.07) is 12.7. The molecule has 3 amide bonds. The van der Waals surface area contributed by atoms with Crippen LogP contribution in [-0.4, -0.2) is 44.7 Å². The van der Waals surface area contributed by atoms with Crippen LogP contribution in [0.25, 0.3) is 0 Å². The van der Waals surface area contributed by atoms with Crippen LogP contribution in [-0.2, 0) is 0 Å². The van der Waals surface area contributed by atoms with Crippen molar-refractivity contribution >= 4 is 23.3 Å². The van der Waals surface area contributed by atoms with E-state index in [4.69, 9.17) is 0 Å². The van der Waals surface area contributed by atoms with Crippen LogP contribution in [0.15, 0.2) is 48.5 Å². The highest BCUT2D eigenvalue weighted by molar-refractivity contribution is 6.10. The van der Waals surface area contributed by atoms with Gasteiger partial charge in [-0.25, -0.2) is 9.18 Å². The number of carbonyl (C=O) groups is 2. The number of amides is 3. The largest absolute Gasteiger partial charge is 0.337 e. The van der Waals surface area contributed by atoms with E-state index in [0.29, 0.717) is 42.5 Å². The Morgan fingerprint density at radius 1 is 1.04 bits per heavy atom. The van der Waals surface area contributed by atoms with E-state index < -0.39 is 0 Å². The Hall–Kier alpha value is -2.93. The van der Waals surface area contributed by atoms with E-state index in [0.717, 1.165) is 19.5 Å². The Morgan fingerprint density at radius 3 is 2.39 bits per heavy atom. The summed E-state index contributed by atoms with van der Waals surface area (Å²) in [4.78, 5) is 29.0. The van der Waals surface area contributed by atoms with Crippen LogP contribution in [0.2, 0.25) is 0 Å². The molecule has 2 aliphatic rings. The zero-order valence-corrected chi connectivity index (χ0v) is 15.5. The molecule has 0 spiro atoms. The molecule has 2 N–H and O–H groups in total. The average Bonchev–Trinajstić information content (AvgIpc) is 3.25. The van der Waals surface area contributed by atoms with E-state index in [9.17, 15) is 14.0 Å². The number of hydrogen-bond acceptors (Lipinski definition) is 3. The highest BCUT2D eigenvalue weighted by Gasteiger charge is 2.30. The molecule has 6 nitrogen and oxygen atoms in total. The van der Waals surface area contributed by atoms with Crippen LogP contribution in [0.5, 0.6) is 0 Å². The summed E-state index contributed by atoms with van der Waals surface area (Å²) in [6.07, 6.45) is 1.07. The normalized spacial score (nSPS) is 18.7. The average molecular weight is 382 g/mol. The molecule has 2 aromatic carbocycles. The van der Waals surface area contributed by atoms with Gasteiger partial charge in [0.1, 0.15) is 5.82 Å². The number of nitrogens with zero attached hydrogens (tertiary/aromatic N) is 2. The predicted octanol–water partition coefficient (Wildman–Crippen LogP) is 2.61. The van der Waals surface area contributed by atoms with Crippen molar-refractivity contribution in [2.45, 2.75) is 6.42 Å². The molecule has 0 bridgehead atoms. The van der Waals surface area contributed by atoms with Gasteiger partial charge in [0, 0.05) is 25.2 Å². The van der Waals surface area contributed by atoms with E-state index in [1.165, 1.54) is 24.3 Å². The van der Waals surface area contributed by atoms with Crippen LogP contribution in [0.3, 0.4) is 0 Å². The van der Waals surface area contributed by atoms with E-state index in [-0.39, 0.29) is 17.8 Å². The Morgan fingerprint density at radius 2 is 1.71 bits per heavy atom. The Bertz CT molecular complexity index is 865. The van der Waals surface area contributed by atoms with Crippen LogP contribution in [0.1, 0.15) is 16.8 Å². The second kappa shape index (κ2) is 7.98. The highest BCUT2D eigenvalue weighted by atomic mass is 19.1. The number of halogens is 1. The molecule has 0 aliphatic carbocycles. The van der Waals surface area contributed by atoms with Crippen molar-refractivity contribution in [3.63, 3.8) is 0 Å². The molecule has 0 radical (unpaired) electrons. The summed E-state index contributed by atoms with van der Waals surface area (Å²) in [6.45, 7) is 3.34. The van der Waals surface area contributed by atoms with Gasteiger partial charge < -0.3 is 15.5 Å². The molecule has 4 rings (SSSR count). The molecule has 2 aromatic rings. The maximum Gasteiger partial charge on any atom is 0.322 e. The number of hydrogen-bond donors (Lipinski definition) is 2. The molecular formula is C21H23FN4O2. The third-order valence-electron chi connectivity index (χ3n) is 5.30. The first-order valence-corrected chi connectivity index (χ1v) is 9.56. The standard InChI is InChI=1S/C21H23FN4O2/c22-17-7-5-16(6-8-17)20(27)25-11-12-26(19-4-2-1-3-18(19)25)21(28)24-14-15-9-10-23-13-15/h1-8,15,23H,9-14H2,(H,24,28). The Kier molecular flexibility index (Phi) is 5.25. The zero-order valence-electron chi connectivity index (χ0n) is 15.5. The van der Waals surface area contributed by atoms with Gasteiger partial charge in [-0.1, -0.05) is 12.1 Å². The van der Waals surface area contributed by atoms with Crippen molar-refractivity contribution < 1.29 is 14.0 Å². The van der Waals surface area contributed by atoms with Gasteiger partial charge >= 0.3 is 6.03 Å². The van der Waals surface area contributed by atoms with Crippen molar-refractivity contribution in [1.82, 2.24) is 10.6 Å². The fourth-order valence-corrected chi connectivity index (χ4v) is 3.75. The third kappa shape index (κ3) is 3.71. The fraction of sp³-hybridized carbons (Fsp3) is 0.333. The smallest absolute Gasteiger partial charge is 0.322 e. The molecule has 7 heteroatoms. The monoisotopic (exact) mass is 382 g/mol. The predicted molar refractivity (Wildman–Crippen MR) is 106 cm³/mol. The lowest BCUT2D eigenvalue weighted by Gasteiger charge is -2.36. The number of benzene rings is 2. The van der Waals surface area contributed by atoms with E-state index in [1.807, 2.05) is 24.3 Å². The lowest BCUT2D eigenvalue weighted by atomic mass is 10.1. The van der Waals surface area contributed by atoms with Gasteiger partial charge in [-0.15, -0.1) is 0 Å². The lowest BCUT2D eigenvalue weighted by Crippen LogP contribution is -2.50. The first kappa shape index (κ1) is 18.4. The van der Waals surface area contributed by atoms with Crippen molar-refractivity contribution in [2.75, 3.05) is 42.5 Å². The maximum atomic E-state index is 13.2. The second-order valence-electron chi connectivity index (χ2n) is 7.15. The number of anilines is 2. The summed E-state index contributed by atoms with van der Waals surface area (Å²) in [7, 11) is 0. The molecule has 28 heavy (non-hydrogen) atoms. The van der Waals surface area contributed by atoms with Crippen molar-refractivity contribution in [1.29, 1.82) is 0 Å². The molecule has 1 unspecified atom stereocenters. The van der Waals surface area contributed by atoms with Crippen molar-refractivity contribution in [2.24, 2.45) is 5.92 Å². The van der Waals surface area contributed by atoms with Gasteiger partial charge in [0.2, 0.25) is 0 Å². The summed E-state index contributed by atoms with van der Waals surface area (Å²) in [5, 5.41) is 6.32. The molecule has 1 fully saturated rings. The lowest BCUT2D eigenvalue weighted by molar-refractivity contribution is 0.0986. The minimum Gasteiger partial charge on any atom is -0.337 e. The Labute approximate surface area is 163 Å². The zero-order chi connectivity index (χ0) is 19.5. The van der Waals surface area contributed by atoms with Crippen LogP contribution in [0.4, 0.5) is 20.6 Å². The SMILES string of the molecule is O=C(NCC1CCNC1)N1CCN(C(=O)c2ccc(F)cc2)c2ccccc21. The summed E-state index contributed by atoms with van der Waals surface area (Å²) >= 11 is 0. The second-order valence-corrected chi connectivity index (χ2v) is 7.15. The van der Waals surface area contributed by atoms with Gasteiger partial charge in [-0.2, -0.15) is 0 Å². The summed E-state index contributed by atoms with van der Waals surface area (Å²) < 4.78 is 13.2. The summed E-state index contributed by atoms with van der Waals surface area (Å²) in [5.41, 5.74) is 1.80.